The van der Waals surface area contributed by atoms with Crippen molar-refractivity contribution in [3.05, 3.63) is 10.6 Å². The van der Waals surface area contributed by atoms with Crippen molar-refractivity contribution >= 4 is 16.5 Å². The molecule has 1 fully saturated rings. The van der Waals surface area contributed by atoms with Gasteiger partial charge in [0.2, 0.25) is 0 Å². The van der Waals surface area contributed by atoms with Crippen LogP contribution >= 0.6 is 11.3 Å². The van der Waals surface area contributed by atoms with Gasteiger partial charge in [-0.3, -0.25) is 4.90 Å². The van der Waals surface area contributed by atoms with Gasteiger partial charge in [0.1, 0.15) is 0 Å². The normalized spacial score (nSPS) is 17.8. The van der Waals surface area contributed by atoms with E-state index < -0.39 is 0 Å². The summed E-state index contributed by atoms with van der Waals surface area (Å²) in [5.74, 6) is 0. The van der Waals surface area contributed by atoms with Crippen LogP contribution in [0.25, 0.3) is 0 Å². The summed E-state index contributed by atoms with van der Waals surface area (Å²) in [6, 6.07) is 0. The Bertz CT molecular complexity index is 431. The summed E-state index contributed by atoms with van der Waals surface area (Å²) in [6.07, 6.45) is 1.22. The highest BCUT2D eigenvalue weighted by molar-refractivity contribution is 7.15. The van der Waals surface area contributed by atoms with Gasteiger partial charge in [-0.15, -0.1) is 0 Å². The van der Waals surface area contributed by atoms with Crippen molar-refractivity contribution in [1.29, 1.82) is 0 Å². The van der Waals surface area contributed by atoms with Crippen molar-refractivity contribution in [2.24, 2.45) is 0 Å². The SMILES string of the molecule is CCCN1CCN(c2nc(C(C)(C)C)c(CO)s2)CC1. The summed E-state index contributed by atoms with van der Waals surface area (Å²) in [6.45, 7) is 14.3. The molecule has 1 aliphatic heterocycles. The molecule has 2 rings (SSSR count). The average Bonchev–Trinajstić information content (AvgIpc) is 2.84. The molecule has 1 aromatic heterocycles. The Balaban J connectivity index is 2.09. The highest BCUT2D eigenvalue weighted by atomic mass is 32.1. The van der Waals surface area contributed by atoms with Crippen LogP contribution in [-0.4, -0.2) is 47.7 Å². The number of piperazine rings is 1. The smallest absolute Gasteiger partial charge is 0.185 e. The Hall–Kier alpha value is -0.650. The van der Waals surface area contributed by atoms with Gasteiger partial charge in [-0.25, -0.2) is 4.98 Å². The van der Waals surface area contributed by atoms with Gasteiger partial charge in [-0.2, -0.15) is 0 Å². The summed E-state index contributed by atoms with van der Waals surface area (Å²) >= 11 is 1.65. The van der Waals surface area contributed by atoms with Gasteiger partial charge in [0.05, 0.1) is 17.2 Å². The topological polar surface area (TPSA) is 39.6 Å². The van der Waals surface area contributed by atoms with E-state index in [0.717, 1.165) is 41.9 Å². The first-order chi connectivity index (χ1) is 9.45. The number of hydrogen-bond donors (Lipinski definition) is 1. The number of aromatic nitrogens is 1. The van der Waals surface area contributed by atoms with Gasteiger partial charge >= 0.3 is 0 Å². The number of anilines is 1. The van der Waals surface area contributed by atoms with E-state index in [1.165, 1.54) is 13.0 Å². The van der Waals surface area contributed by atoms with E-state index >= 15 is 0 Å². The van der Waals surface area contributed by atoms with E-state index in [0.29, 0.717) is 0 Å². The standard InChI is InChI=1S/C15H27N3OS/c1-5-6-17-7-9-18(10-8-17)14-16-13(15(2,3)4)12(11-19)20-14/h19H,5-11H2,1-4H3. The molecule has 20 heavy (non-hydrogen) atoms. The summed E-state index contributed by atoms with van der Waals surface area (Å²) in [5, 5.41) is 10.6. The van der Waals surface area contributed by atoms with E-state index in [4.69, 9.17) is 4.98 Å². The number of aliphatic hydroxyl groups excluding tert-OH is 1. The molecule has 114 valence electrons. The Morgan fingerprint density at radius 2 is 1.85 bits per heavy atom. The fraction of sp³-hybridized carbons (Fsp3) is 0.800. The molecule has 5 heteroatoms. The summed E-state index contributed by atoms with van der Waals surface area (Å²) < 4.78 is 0. The first-order valence-corrected chi connectivity index (χ1v) is 8.35. The molecule has 0 aliphatic carbocycles. The summed E-state index contributed by atoms with van der Waals surface area (Å²) in [5.41, 5.74) is 1.05. The molecule has 0 spiro atoms. The molecule has 1 saturated heterocycles. The maximum absolute atomic E-state index is 9.55. The van der Waals surface area contributed by atoms with Crippen LogP contribution in [0.15, 0.2) is 0 Å². The summed E-state index contributed by atoms with van der Waals surface area (Å²) in [7, 11) is 0. The lowest BCUT2D eigenvalue weighted by Crippen LogP contribution is -2.46. The van der Waals surface area contributed by atoms with Gasteiger partial charge in [-0.1, -0.05) is 39.0 Å². The number of thiazole rings is 1. The predicted octanol–water partition coefficient (Wildman–Crippen LogP) is 2.46. The van der Waals surface area contributed by atoms with Crippen LogP contribution < -0.4 is 4.90 Å². The molecular formula is C15H27N3OS. The van der Waals surface area contributed by atoms with Crippen LogP contribution in [0.3, 0.4) is 0 Å². The lowest BCUT2D eigenvalue weighted by atomic mass is 9.91. The quantitative estimate of drug-likeness (QED) is 0.927. The molecule has 0 unspecified atom stereocenters. The van der Waals surface area contributed by atoms with Crippen LogP contribution in [0.2, 0.25) is 0 Å². The maximum Gasteiger partial charge on any atom is 0.185 e. The van der Waals surface area contributed by atoms with Crippen molar-refractivity contribution in [2.75, 3.05) is 37.6 Å². The van der Waals surface area contributed by atoms with E-state index in [9.17, 15) is 5.11 Å². The van der Waals surface area contributed by atoms with Gasteiger partial charge in [-0.05, 0) is 13.0 Å². The third-order valence-corrected chi connectivity index (χ3v) is 4.82. The van der Waals surface area contributed by atoms with Crippen molar-refractivity contribution in [1.82, 2.24) is 9.88 Å². The zero-order valence-electron chi connectivity index (χ0n) is 13.1. The molecule has 0 aromatic carbocycles. The van der Waals surface area contributed by atoms with Gasteiger partial charge < -0.3 is 10.0 Å². The van der Waals surface area contributed by atoms with E-state index in [-0.39, 0.29) is 12.0 Å². The van der Waals surface area contributed by atoms with E-state index in [2.05, 4.69) is 37.5 Å². The zero-order chi connectivity index (χ0) is 14.8. The predicted molar refractivity (Wildman–Crippen MR) is 85.7 cm³/mol. The van der Waals surface area contributed by atoms with Gasteiger partial charge in [0.15, 0.2) is 5.13 Å². The Kier molecular flexibility index (Phi) is 5.04. The molecule has 0 atom stereocenters. The van der Waals surface area contributed by atoms with Gasteiger partial charge in [0, 0.05) is 31.6 Å². The molecule has 0 saturated carbocycles. The molecule has 4 nitrogen and oxygen atoms in total. The molecule has 2 heterocycles. The minimum Gasteiger partial charge on any atom is -0.391 e. The molecule has 1 aliphatic rings. The van der Waals surface area contributed by atoms with Crippen LogP contribution in [0.5, 0.6) is 0 Å². The lowest BCUT2D eigenvalue weighted by Gasteiger charge is -2.34. The zero-order valence-corrected chi connectivity index (χ0v) is 14.0. The third kappa shape index (κ3) is 3.51. The second kappa shape index (κ2) is 6.41. The van der Waals surface area contributed by atoms with E-state index in [1.807, 2.05) is 0 Å². The largest absolute Gasteiger partial charge is 0.391 e. The average molecular weight is 297 g/mol. The fourth-order valence-electron chi connectivity index (χ4n) is 2.65. The Labute approximate surface area is 126 Å². The number of nitrogens with zero attached hydrogens (tertiary/aromatic N) is 3. The third-order valence-electron chi connectivity index (χ3n) is 3.72. The lowest BCUT2D eigenvalue weighted by molar-refractivity contribution is 0.258. The molecule has 0 amide bonds. The van der Waals surface area contributed by atoms with Crippen LogP contribution in [0.1, 0.15) is 44.7 Å². The highest BCUT2D eigenvalue weighted by Gasteiger charge is 2.26. The second-order valence-corrected chi connectivity index (χ2v) is 7.57. The first kappa shape index (κ1) is 15.7. The van der Waals surface area contributed by atoms with Crippen molar-refractivity contribution in [3.63, 3.8) is 0 Å². The minimum absolute atomic E-state index is 0.00313. The van der Waals surface area contributed by atoms with Crippen molar-refractivity contribution in [2.45, 2.75) is 46.1 Å². The molecule has 0 radical (unpaired) electrons. The van der Waals surface area contributed by atoms with Gasteiger partial charge in [0.25, 0.3) is 0 Å². The summed E-state index contributed by atoms with van der Waals surface area (Å²) in [4.78, 5) is 10.7. The van der Waals surface area contributed by atoms with E-state index in [1.54, 1.807) is 11.3 Å². The van der Waals surface area contributed by atoms with Crippen LogP contribution in [0.4, 0.5) is 5.13 Å². The minimum atomic E-state index is -0.00313. The van der Waals surface area contributed by atoms with Crippen molar-refractivity contribution in [3.8, 4) is 0 Å². The molecule has 1 N–H and O–H groups in total. The molecular weight excluding hydrogens is 270 g/mol. The maximum atomic E-state index is 9.55. The number of aliphatic hydroxyl groups is 1. The highest BCUT2D eigenvalue weighted by Crippen LogP contribution is 2.34. The fourth-order valence-corrected chi connectivity index (χ4v) is 3.83. The number of rotatable bonds is 4. The first-order valence-electron chi connectivity index (χ1n) is 7.54. The van der Waals surface area contributed by atoms with Crippen molar-refractivity contribution < 1.29 is 5.11 Å². The Morgan fingerprint density at radius 1 is 1.20 bits per heavy atom. The Morgan fingerprint density at radius 3 is 2.30 bits per heavy atom. The molecule has 1 aromatic rings. The monoisotopic (exact) mass is 297 g/mol. The second-order valence-electron chi connectivity index (χ2n) is 6.51. The van der Waals surface area contributed by atoms with Crippen LogP contribution in [-0.2, 0) is 12.0 Å². The molecule has 0 bridgehead atoms. The van der Waals surface area contributed by atoms with Crippen LogP contribution in [0, 0.1) is 0 Å². The number of hydrogen-bond acceptors (Lipinski definition) is 5.